The van der Waals surface area contributed by atoms with Gasteiger partial charge in [0.25, 0.3) is 0 Å². The summed E-state index contributed by atoms with van der Waals surface area (Å²) in [6.45, 7) is 3.42. The van der Waals surface area contributed by atoms with E-state index < -0.39 is 0 Å². The van der Waals surface area contributed by atoms with Crippen molar-refractivity contribution in [3.63, 3.8) is 0 Å². The smallest absolute Gasteiger partial charge is 0.206 e. The number of allylic oxidation sites excluding steroid dienone is 2. The predicted molar refractivity (Wildman–Crippen MR) is 110 cm³/mol. The maximum absolute atomic E-state index is 11.4. The van der Waals surface area contributed by atoms with Gasteiger partial charge in [-0.05, 0) is 36.8 Å². The number of azo groups is 1. The van der Waals surface area contributed by atoms with E-state index in [1.165, 1.54) is 30.7 Å². The van der Waals surface area contributed by atoms with Crippen LogP contribution < -0.4 is 5.32 Å². The molecule has 0 aliphatic rings. The van der Waals surface area contributed by atoms with Crippen molar-refractivity contribution in [2.75, 3.05) is 5.32 Å². The number of Topliss-reactive ketones (excluding diaryl/α,β-unsaturated/α-hetero) is 1. The molecule has 0 aliphatic heterocycles. The van der Waals surface area contributed by atoms with E-state index in [-0.39, 0.29) is 17.2 Å². The minimum Gasteiger partial charge on any atom is -0.510 e. The molecule has 3 aromatic rings. The van der Waals surface area contributed by atoms with Gasteiger partial charge in [-0.1, -0.05) is 41.7 Å². The average Bonchev–Trinajstić information content (AvgIpc) is 3.16. The Kier molecular flexibility index (Phi) is 6.23. The highest BCUT2D eigenvalue weighted by molar-refractivity contribution is 7.18. The quantitative estimate of drug-likeness (QED) is 0.323. The number of carbonyl (C=O) groups is 1. The number of aliphatic hydroxyl groups is 1. The van der Waals surface area contributed by atoms with Crippen molar-refractivity contribution in [3.8, 4) is 10.6 Å². The van der Waals surface area contributed by atoms with Crippen LogP contribution in [0.4, 0.5) is 10.8 Å². The molecule has 7 nitrogen and oxygen atoms in total. The largest absolute Gasteiger partial charge is 0.510 e. The SMILES string of the molecule is CC(=O)/C(N=Nc1ccc(-c2nnc(NCc3ccccc3)s2)cc1)=C(\C)O. The number of hydrogen-bond acceptors (Lipinski definition) is 8. The zero-order valence-electron chi connectivity index (χ0n) is 15.5. The van der Waals surface area contributed by atoms with Gasteiger partial charge in [0.05, 0.1) is 5.69 Å². The van der Waals surface area contributed by atoms with Crippen LogP contribution in [0.3, 0.4) is 0 Å². The molecular weight excluding hydrogens is 374 g/mol. The first-order valence-corrected chi connectivity index (χ1v) is 9.39. The number of aromatic nitrogens is 2. The van der Waals surface area contributed by atoms with Gasteiger partial charge in [0.2, 0.25) is 5.13 Å². The fourth-order valence-corrected chi connectivity index (χ4v) is 3.11. The molecule has 2 N–H and O–H groups in total. The van der Waals surface area contributed by atoms with E-state index in [1.807, 2.05) is 42.5 Å². The Morgan fingerprint density at radius 3 is 2.43 bits per heavy atom. The zero-order chi connectivity index (χ0) is 19.9. The van der Waals surface area contributed by atoms with Gasteiger partial charge in [-0.25, -0.2) is 0 Å². The second-order valence-corrected chi connectivity index (χ2v) is 6.97. The van der Waals surface area contributed by atoms with Gasteiger partial charge in [0.15, 0.2) is 11.5 Å². The molecule has 0 unspecified atom stereocenters. The zero-order valence-corrected chi connectivity index (χ0v) is 16.3. The fourth-order valence-electron chi connectivity index (χ4n) is 2.36. The number of nitrogens with one attached hydrogen (secondary N) is 1. The number of anilines is 1. The molecule has 142 valence electrons. The first kappa shape index (κ1) is 19.4. The molecular formula is C20H19N5O2S. The second kappa shape index (κ2) is 9.01. The van der Waals surface area contributed by atoms with Crippen molar-refractivity contribution in [3.05, 3.63) is 71.6 Å². The summed E-state index contributed by atoms with van der Waals surface area (Å²) >= 11 is 1.46. The Labute approximate surface area is 166 Å². The lowest BCUT2D eigenvalue weighted by Gasteiger charge is -2.01. The van der Waals surface area contributed by atoms with Gasteiger partial charge in [0, 0.05) is 19.0 Å². The summed E-state index contributed by atoms with van der Waals surface area (Å²) in [6, 6.07) is 17.3. The van der Waals surface area contributed by atoms with Crippen LogP contribution in [0.2, 0.25) is 0 Å². The molecule has 0 spiro atoms. The Morgan fingerprint density at radius 2 is 1.79 bits per heavy atom. The van der Waals surface area contributed by atoms with Gasteiger partial charge in [-0.2, -0.15) is 5.11 Å². The second-order valence-electron chi connectivity index (χ2n) is 5.99. The Morgan fingerprint density at radius 1 is 1.07 bits per heavy atom. The van der Waals surface area contributed by atoms with E-state index in [0.717, 1.165) is 15.7 Å². The lowest BCUT2D eigenvalue weighted by molar-refractivity contribution is -0.113. The van der Waals surface area contributed by atoms with Gasteiger partial charge >= 0.3 is 0 Å². The van der Waals surface area contributed by atoms with Crippen LogP contribution in [0.1, 0.15) is 19.4 Å². The molecule has 0 bridgehead atoms. The van der Waals surface area contributed by atoms with E-state index in [4.69, 9.17) is 0 Å². The van der Waals surface area contributed by atoms with E-state index in [0.29, 0.717) is 12.2 Å². The van der Waals surface area contributed by atoms with Crippen LogP contribution in [0, 0.1) is 0 Å². The van der Waals surface area contributed by atoms with Crippen molar-refractivity contribution in [1.29, 1.82) is 0 Å². The van der Waals surface area contributed by atoms with Crippen molar-refractivity contribution in [2.24, 2.45) is 10.2 Å². The molecule has 1 heterocycles. The standard InChI is InChI=1S/C20H19N5O2S/c1-13(26)18(14(2)27)23-22-17-10-8-16(9-11-17)19-24-25-20(28-19)21-12-15-6-4-3-5-7-15/h3-11,26H,12H2,1-2H3,(H,21,25)/b18-13-,23-22?. The topological polar surface area (TPSA) is 99.8 Å². The summed E-state index contributed by atoms with van der Waals surface area (Å²) in [4.78, 5) is 11.4. The average molecular weight is 393 g/mol. The maximum Gasteiger partial charge on any atom is 0.206 e. The summed E-state index contributed by atoms with van der Waals surface area (Å²) in [5.74, 6) is -0.498. The molecule has 0 saturated heterocycles. The van der Waals surface area contributed by atoms with Gasteiger partial charge in [-0.3, -0.25) is 4.79 Å². The molecule has 2 aromatic carbocycles. The Bertz CT molecular complexity index is 1010. The van der Waals surface area contributed by atoms with Crippen molar-refractivity contribution < 1.29 is 9.90 Å². The van der Waals surface area contributed by atoms with Crippen molar-refractivity contribution in [2.45, 2.75) is 20.4 Å². The summed E-state index contributed by atoms with van der Waals surface area (Å²) in [6.07, 6.45) is 0. The first-order valence-electron chi connectivity index (χ1n) is 8.57. The van der Waals surface area contributed by atoms with Crippen molar-refractivity contribution >= 4 is 27.9 Å². The minimum atomic E-state index is -0.343. The summed E-state index contributed by atoms with van der Waals surface area (Å²) in [7, 11) is 0. The van der Waals surface area contributed by atoms with Crippen molar-refractivity contribution in [1.82, 2.24) is 10.2 Å². The van der Waals surface area contributed by atoms with E-state index in [9.17, 15) is 9.90 Å². The highest BCUT2D eigenvalue weighted by Crippen LogP contribution is 2.28. The van der Waals surface area contributed by atoms with Crippen LogP contribution in [-0.2, 0) is 11.3 Å². The van der Waals surface area contributed by atoms with Crippen LogP contribution in [0.15, 0.2) is 76.3 Å². The Hall–Kier alpha value is -3.39. The number of hydrogen-bond donors (Lipinski definition) is 2. The summed E-state index contributed by atoms with van der Waals surface area (Å²) in [5, 5.41) is 30.5. The highest BCUT2D eigenvalue weighted by atomic mass is 32.1. The highest BCUT2D eigenvalue weighted by Gasteiger charge is 2.08. The number of nitrogens with zero attached hydrogens (tertiary/aromatic N) is 4. The van der Waals surface area contributed by atoms with E-state index in [1.54, 1.807) is 12.1 Å². The third kappa shape index (κ3) is 5.08. The van der Waals surface area contributed by atoms with Crippen LogP contribution in [0.5, 0.6) is 0 Å². The lowest BCUT2D eigenvalue weighted by atomic mass is 10.2. The fraction of sp³-hybridized carbons (Fsp3) is 0.150. The number of aliphatic hydroxyl groups excluding tert-OH is 1. The van der Waals surface area contributed by atoms with Gasteiger partial charge in [-0.15, -0.1) is 15.3 Å². The van der Waals surface area contributed by atoms with Crippen LogP contribution in [0.25, 0.3) is 10.6 Å². The maximum atomic E-state index is 11.4. The molecule has 0 amide bonds. The molecule has 0 radical (unpaired) electrons. The minimum absolute atomic E-state index is 0.0534. The van der Waals surface area contributed by atoms with Gasteiger partial charge < -0.3 is 10.4 Å². The molecule has 8 heteroatoms. The molecule has 3 rings (SSSR count). The van der Waals surface area contributed by atoms with Gasteiger partial charge in [0.1, 0.15) is 10.8 Å². The molecule has 0 fully saturated rings. The molecule has 28 heavy (non-hydrogen) atoms. The first-order chi connectivity index (χ1) is 13.5. The molecule has 0 saturated carbocycles. The lowest BCUT2D eigenvalue weighted by Crippen LogP contribution is -1.98. The van der Waals surface area contributed by atoms with E-state index >= 15 is 0 Å². The Balaban J connectivity index is 1.66. The normalized spacial score (nSPS) is 12.1. The van der Waals surface area contributed by atoms with E-state index in [2.05, 4.69) is 25.7 Å². The third-order valence-electron chi connectivity index (χ3n) is 3.77. The summed E-state index contributed by atoms with van der Waals surface area (Å²) < 4.78 is 0. The number of benzene rings is 2. The molecule has 0 aliphatic carbocycles. The third-order valence-corrected chi connectivity index (χ3v) is 4.70. The molecule has 1 aromatic heterocycles. The molecule has 0 atom stereocenters. The monoisotopic (exact) mass is 393 g/mol. The number of ketones is 1. The van der Waals surface area contributed by atoms with Crippen LogP contribution in [-0.4, -0.2) is 21.1 Å². The number of carbonyl (C=O) groups excluding carboxylic acids is 1. The number of rotatable bonds is 7. The predicted octanol–water partition coefficient (Wildman–Crippen LogP) is 5.28. The summed E-state index contributed by atoms with van der Waals surface area (Å²) in [5.41, 5.74) is 2.59. The van der Waals surface area contributed by atoms with Crippen LogP contribution >= 0.6 is 11.3 Å².